The number of fused-ring (bicyclic) bond motifs is 1. The van der Waals surface area contributed by atoms with Gasteiger partial charge in [0.15, 0.2) is 17.3 Å². The Morgan fingerprint density at radius 1 is 1.11 bits per heavy atom. The van der Waals surface area contributed by atoms with E-state index in [1.54, 1.807) is 12.3 Å². The summed E-state index contributed by atoms with van der Waals surface area (Å²) in [6.07, 6.45) is 2.98. The van der Waals surface area contributed by atoms with Crippen LogP contribution in [0.4, 0.5) is 10.2 Å². The minimum atomic E-state index is -0.622. The lowest BCUT2D eigenvalue weighted by atomic mass is 10.0. The Kier molecular flexibility index (Phi) is 4.95. The molecule has 0 aliphatic carbocycles. The molecule has 8 heteroatoms. The molecule has 1 aliphatic heterocycles. The van der Waals surface area contributed by atoms with Gasteiger partial charge in [-0.05, 0) is 42.8 Å². The van der Waals surface area contributed by atoms with Crippen molar-refractivity contribution in [1.82, 2.24) is 9.97 Å². The van der Waals surface area contributed by atoms with Crippen molar-refractivity contribution in [3.05, 3.63) is 64.1 Å². The van der Waals surface area contributed by atoms with E-state index in [0.717, 1.165) is 11.1 Å². The van der Waals surface area contributed by atoms with Crippen LogP contribution in [-0.2, 0) is 0 Å². The minimum absolute atomic E-state index is 0.0724. The van der Waals surface area contributed by atoms with Crippen molar-refractivity contribution < 1.29 is 18.7 Å². The van der Waals surface area contributed by atoms with E-state index in [1.165, 1.54) is 18.3 Å². The number of hydrogen-bond donors (Lipinski definition) is 1. The van der Waals surface area contributed by atoms with Crippen LogP contribution in [0.1, 0.15) is 15.9 Å². The van der Waals surface area contributed by atoms with E-state index in [9.17, 15) is 9.18 Å². The third kappa shape index (κ3) is 3.68. The number of carbonyl (C=O) groups is 1. The van der Waals surface area contributed by atoms with Gasteiger partial charge in [-0.25, -0.2) is 9.37 Å². The Balaban J connectivity index is 1.55. The number of nitrogens with zero attached hydrogens (tertiary/aromatic N) is 2. The van der Waals surface area contributed by atoms with Crippen LogP contribution in [0.25, 0.3) is 11.3 Å². The molecule has 3 aromatic rings. The maximum Gasteiger partial charge on any atom is 0.259 e. The van der Waals surface area contributed by atoms with Gasteiger partial charge in [0.05, 0.1) is 23.7 Å². The van der Waals surface area contributed by atoms with Crippen molar-refractivity contribution >= 4 is 27.7 Å². The summed E-state index contributed by atoms with van der Waals surface area (Å²) in [5.41, 5.74) is 2.37. The first kappa shape index (κ1) is 18.4. The van der Waals surface area contributed by atoms with E-state index in [0.29, 0.717) is 34.9 Å². The lowest BCUT2D eigenvalue weighted by molar-refractivity contribution is 0.102. The summed E-state index contributed by atoms with van der Waals surface area (Å²) in [7, 11) is 0. The van der Waals surface area contributed by atoms with E-state index in [4.69, 9.17) is 9.47 Å². The van der Waals surface area contributed by atoms with E-state index < -0.39 is 11.7 Å². The van der Waals surface area contributed by atoms with Crippen LogP contribution >= 0.6 is 15.9 Å². The van der Waals surface area contributed by atoms with Gasteiger partial charge in [-0.15, -0.1) is 0 Å². The third-order valence-electron chi connectivity index (χ3n) is 4.23. The highest BCUT2D eigenvalue weighted by Crippen LogP contribution is 2.36. The normalized spacial score (nSPS) is 12.5. The van der Waals surface area contributed by atoms with Gasteiger partial charge in [-0.2, -0.15) is 0 Å². The number of anilines is 1. The van der Waals surface area contributed by atoms with Crippen LogP contribution < -0.4 is 14.8 Å². The molecule has 0 bridgehead atoms. The predicted molar refractivity (Wildman–Crippen MR) is 105 cm³/mol. The molecular formula is C20H15BrFN3O3. The van der Waals surface area contributed by atoms with Gasteiger partial charge in [-0.1, -0.05) is 15.9 Å². The number of amides is 1. The van der Waals surface area contributed by atoms with Crippen LogP contribution in [0.3, 0.4) is 0 Å². The second kappa shape index (κ2) is 7.55. The van der Waals surface area contributed by atoms with E-state index in [-0.39, 0.29) is 11.4 Å². The number of carbonyl (C=O) groups excluding carboxylic acids is 1. The molecule has 0 radical (unpaired) electrons. The largest absolute Gasteiger partial charge is 0.486 e. The summed E-state index contributed by atoms with van der Waals surface area (Å²) in [4.78, 5) is 20.8. The fourth-order valence-electron chi connectivity index (χ4n) is 2.86. The van der Waals surface area contributed by atoms with E-state index in [1.807, 2.05) is 19.1 Å². The monoisotopic (exact) mass is 443 g/mol. The molecular weight excluding hydrogens is 429 g/mol. The number of benzene rings is 2. The summed E-state index contributed by atoms with van der Waals surface area (Å²) < 4.78 is 25.7. The highest BCUT2D eigenvalue weighted by atomic mass is 79.9. The summed E-state index contributed by atoms with van der Waals surface area (Å²) >= 11 is 3.16. The van der Waals surface area contributed by atoms with Gasteiger partial charge in [0, 0.05) is 10.0 Å². The van der Waals surface area contributed by atoms with Gasteiger partial charge in [0.25, 0.3) is 5.91 Å². The average molecular weight is 444 g/mol. The van der Waals surface area contributed by atoms with Crippen molar-refractivity contribution in [1.29, 1.82) is 0 Å². The molecule has 0 atom stereocenters. The van der Waals surface area contributed by atoms with Crippen LogP contribution in [0.15, 0.2) is 47.2 Å². The van der Waals surface area contributed by atoms with E-state index >= 15 is 0 Å². The molecule has 0 unspecified atom stereocenters. The first-order chi connectivity index (χ1) is 13.5. The molecule has 1 aliphatic rings. The molecule has 142 valence electrons. The maximum absolute atomic E-state index is 13.9. The second-order valence-corrected chi connectivity index (χ2v) is 7.09. The zero-order valence-electron chi connectivity index (χ0n) is 14.8. The van der Waals surface area contributed by atoms with Gasteiger partial charge < -0.3 is 14.8 Å². The number of hydrogen-bond acceptors (Lipinski definition) is 5. The van der Waals surface area contributed by atoms with Gasteiger partial charge in [-0.3, -0.25) is 9.78 Å². The summed E-state index contributed by atoms with van der Waals surface area (Å²) in [6, 6.07) is 7.99. The first-order valence-corrected chi connectivity index (χ1v) is 9.29. The zero-order chi connectivity index (χ0) is 19.7. The molecule has 0 saturated carbocycles. The summed E-state index contributed by atoms with van der Waals surface area (Å²) in [5.74, 6) is 0.384. The standard InChI is InChI=1S/C20H15BrFN3O3/c1-11-6-17-18(28-5-4-27-17)8-14(11)16-9-24-19(10-23-16)25-20(26)13-3-2-12(21)7-15(13)22/h2-3,6-10H,4-5H2,1H3,(H,24,25,26). The SMILES string of the molecule is Cc1cc2c(cc1-c1cnc(NC(=O)c3ccc(Br)cc3F)cn1)OCCO2. The van der Waals surface area contributed by atoms with Crippen LogP contribution in [0, 0.1) is 12.7 Å². The van der Waals surface area contributed by atoms with Gasteiger partial charge in [0.2, 0.25) is 0 Å². The third-order valence-corrected chi connectivity index (χ3v) is 4.73. The number of ether oxygens (including phenoxy) is 2. The van der Waals surface area contributed by atoms with Crippen molar-refractivity contribution in [2.75, 3.05) is 18.5 Å². The Morgan fingerprint density at radius 2 is 1.86 bits per heavy atom. The Labute approximate surface area is 168 Å². The topological polar surface area (TPSA) is 73.3 Å². The molecule has 28 heavy (non-hydrogen) atoms. The molecule has 0 saturated heterocycles. The quantitative estimate of drug-likeness (QED) is 0.650. The number of rotatable bonds is 3. The highest BCUT2D eigenvalue weighted by Gasteiger charge is 2.17. The first-order valence-electron chi connectivity index (χ1n) is 8.50. The average Bonchev–Trinajstić information content (AvgIpc) is 2.68. The van der Waals surface area contributed by atoms with E-state index in [2.05, 4.69) is 31.2 Å². The lowest BCUT2D eigenvalue weighted by Crippen LogP contribution is -2.15. The van der Waals surface area contributed by atoms with Crippen molar-refractivity contribution in [2.24, 2.45) is 0 Å². The van der Waals surface area contributed by atoms with Crippen LogP contribution in [0.5, 0.6) is 11.5 Å². The van der Waals surface area contributed by atoms with Crippen molar-refractivity contribution in [2.45, 2.75) is 6.92 Å². The molecule has 2 heterocycles. The number of halogens is 2. The molecule has 1 N–H and O–H groups in total. The molecule has 2 aromatic carbocycles. The summed E-state index contributed by atoms with van der Waals surface area (Å²) in [5, 5.41) is 2.55. The Morgan fingerprint density at radius 3 is 2.54 bits per heavy atom. The Bertz CT molecular complexity index is 1060. The van der Waals surface area contributed by atoms with Crippen molar-refractivity contribution in [3.8, 4) is 22.8 Å². The number of nitrogens with one attached hydrogen (secondary N) is 1. The second-order valence-electron chi connectivity index (χ2n) is 6.18. The zero-order valence-corrected chi connectivity index (χ0v) is 16.4. The number of aryl methyl sites for hydroxylation is 1. The fourth-order valence-corrected chi connectivity index (χ4v) is 3.19. The molecule has 1 aromatic heterocycles. The molecule has 0 fully saturated rings. The maximum atomic E-state index is 13.9. The minimum Gasteiger partial charge on any atom is -0.486 e. The molecule has 1 amide bonds. The lowest BCUT2D eigenvalue weighted by Gasteiger charge is -2.20. The van der Waals surface area contributed by atoms with Gasteiger partial charge >= 0.3 is 0 Å². The van der Waals surface area contributed by atoms with Gasteiger partial charge in [0.1, 0.15) is 19.0 Å². The van der Waals surface area contributed by atoms with Crippen molar-refractivity contribution in [3.63, 3.8) is 0 Å². The molecule has 4 rings (SSSR count). The summed E-state index contributed by atoms with van der Waals surface area (Å²) in [6.45, 7) is 2.97. The molecule has 6 nitrogen and oxygen atoms in total. The van der Waals surface area contributed by atoms with Crippen LogP contribution in [-0.4, -0.2) is 29.1 Å². The highest BCUT2D eigenvalue weighted by molar-refractivity contribution is 9.10. The Hall–Kier alpha value is -3.00. The molecule has 0 spiro atoms. The smallest absolute Gasteiger partial charge is 0.259 e. The fraction of sp³-hybridized carbons (Fsp3) is 0.150. The number of aromatic nitrogens is 2. The van der Waals surface area contributed by atoms with Crippen LogP contribution in [0.2, 0.25) is 0 Å². The predicted octanol–water partition coefficient (Wildman–Crippen LogP) is 4.38.